The van der Waals surface area contributed by atoms with E-state index >= 15 is 0 Å². The lowest BCUT2D eigenvalue weighted by molar-refractivity contribution is -0.136. The van der Waals surface area contributed by atoms with Gasteiger partial charge in [0, 0.05) is 10.2 Å². The van der Waals surface area contributed by atoms with E-state index in [0.29, 0.717) is 12.3 Å². The first-order valence-electron chi connectivity index (χ1n) is 8.77. The van der Waals surface area contributed by atoms with Crippen molar-refractivity contribution >= 4 is 39.6 Å². The van der Waals surface area contributed by atoms with Crippen LogP contribution in [0.2, 0.25) is 0 Å². The Morgan fingerprint density at radius 2 is 1.59 bits per heavy atom. The maximum Gasteiger partial charge on any atom is 0.329 e. The second-order valence-electron chi connectivity index (χ2n) is 6.00. The lowest BCUT2D eigenvalue weighted by Crippen LogP contribution is -2.32. The zero-order chi connectivity index (χ0) is 20.5. The Balaban J connectivity index is 1.46. The fraction of sp³-hybridized carbons (Fsp3) is 0.0455. The molecule has 0 fully saturated rings. The Morgan fingerprint density at radius 1 is 0.897 bits per heavy atom. The summed E-state index contributed by atoms with van der Waals surface area (Å²) in [7, 11) is 0. The minimum absolute atomic E-state index is 0.484. The SMILES string of the molecule is O=C(NN=Cc1ccc(OCc2ccccc2)cc1)C(=O)Nc1ccc(Br)cc1. The fourth-order valence-electron chi connectivity index (χ4n) is 2.33. The fourth-order valence-corrected chi connectivity index (χ4v) is 2.59. The van der Waals surface area contributed by atoms with Gasteiger partial charge in [-0.15, -0.1) is 0 Å². The summed E-state index contributed by atoms with van der Waals surface area (Å²) in [5.74, 6) is -0.926. The van der Waals surface area contributed by atoms with Crippen molar-refractivity contribution in [2.45, 2.75) is 6.61 Å². The summed E-state index contributed by atoms with van der Waals surface area (Å²) < 4.78 is 6.59. The molecule has 0 aliphatic rings. The van der Waals surface area contributed by atoms with Gasteiger partial charge in [0.25, 0.3) is 0 Å². The predicted molar refractivity (Wildman–Crippen MR) is 116 cm³/mol. The maximum absolute atomic E-state index is 11.8. The van der Waals surface area contributed by atoms with Crippen molar-refractivity contribution in [3.05, 3.63) is 94.5 Å². The van der Waals surface area contributed by atoms with E-state index in [0.717, 1.165) is 21.3 Å². The standard InChI is InChI=1S/C22H18BrN3O3/c23-18-8-10-19(11-9-18)25-21(27)22(28)26-24-14-16-6-12-20(13-7-16)29-15-17-4-2-1-3-5-17/h1-14H,15H2,(H,25,27)(H,26,28). The molecular formula is C22H18BrN3O3. The zero-order valence-electron chi connectivity index (χ0n) is 15.3. The van der Waals surface area contributed by atoms with E-state index < -0.39 is 11.8 Å². The van der Waals surface area contributed by atoms with Crippen LogP contribution >= 0.6 is 15.9 Å². The highest BCUT2D eigenvalue weighted by atomic mass is 79.9. The minimum Gasteiger partial charge on any atom is -0.489 e. The average Bonchev–Trinajstić information content (AvgIpc) is 2.75. The van der Waals surface area contributed by atoms with Gasteiger partial charge in [0.2, 0.25) is 0 Å². The second-order valence-corrected chi connectivity index (χ2v) is 6.92. The zero-order valence-corrected chi connectivity index (χ0v) is 16.9. The molecule has 2 N–H and O–H groups in total. The van der Waals surface area contributed by atoms with E-state index in [1.807, 2.05) is 42.5 Å². The van der Waals surface area contributed by atoms with Gasteiger partial charge in [-0.3, -0.25) is 9.59 Å². The minimum atomic E-state index is -0.855. The smallest absolute Gasteiger partial charge is 0.329 e. The molecule has 146 valence electrons. The van der Waals surface area contributed by atoms with Gasteiger partial charge >= 0.3 is 11.8 Å². The molecule has 29 heavy (non-hydrogen) atoms. The number of halogens is 1. The second kappa shape index (κ2) is 10.2. The molecule has 0 aliphatic heterocycles. The van der Waals surface area contributed by atoms with Crippen molar-refractivity contribution in [1.29, 1.82) is 0 Å². The number of hydrazone groups is 1. The quantitative estimate of drug-likeness (QED) is 0.336. The van der Waals surface area contributed by atoms with Crippen LogP contribution in [0.5, 0.6) is 5.75 Å². The topological polar surface area (TPSA) is 79.8 Å². The van der Waals surface area contributed by atoms with Gasteiger partial charge in [-0.2, -0.15) is 5.10 Å². The largest absolute Gasteiger partial charge is 0.489 e. The summed E-state index contributed by atoms with van der Waals surface area (Å²) in [6.07, 6.45) is 1.45. The normalized spacial score (nSPS) is 10.5. The molecule has 0 heterocycles. The van der Waals surface area contributed by atoms with Crippen LogP contribution < -0.4 is 15.5 Å². The van der Waals surface area contributed by atoms with Crippen molar-refractivity contribution < 1.29 is 14.3 Å². The van der Waals surface area contributed by atoms with Crippen LogP contribution in [0.25, 0.3) is 0 Å². The molecule has 3 rings (SSSR count). The molecular weight excluding hydrogens is 434 g/mol. The van der Waals surface area contributed by atoms with Gasteiger partial charge in [0.15, 0.2) is 0 Å². The van der Waals surface area contributed by atoms with Gasteiger partial charge in [-0.1, -0.05) is 46.3 Å². The summed E-state index contributed by atoms with van der Waals surface area (Å²) in [6, 6.07) is 24.0. The summed E-state index contributed by atoms with van der Waals surface area (Å²) in [5.41, 5.74) is 4.56. The van der Waals surface area contributed by atoms with E-state index in [2.05, 4.69) is 31.8 Å². The molecule has 0 saturated heterocycles. The molecule has 7 heteroatoms. The van der Waals surface area contributed by atoms with Crippen LogP contribution in [0.1, 0.15) is 11.1 Å². The van der Waals surface area contributed by atoms with Gasteiger partial charge in [-0.05, 0) is 59.7 Å². The number of rotatable bonds is 6. The lowest BCUT2D eigenvalue weighted by atomic mass is 10.2. The van der Waals surface area contributed by atoms with Crippen LogP contribution in [-0.4, -0.2) is 18.0 Å². The van der Waals surface area contributed by atoms with E-state index in [4.69, 9.17) is 4.74 Å². The number of amides is 2. The first kappa shape index (κ1) is 20.3. The molecule has 0 aromatic heterocycles. The first-order valence-corrected chi connectivity index (χ1v) is 9.56. The molecule has 0 atom stereocenters. The van der Waals surface area contributed by atoms with Gasteiger partial charge in [-0.25, -0.2) is 5.43 Å². The van der Waals surface area contributed by atoms with E-state index in [-0.39, 0.29) is 0 Å². The lowest BCUT2D eigenvalue weighted by Gasteiger charge is -2.06. The van der Waals surface area contributed by atoms with Crippen molar-refractivity contribution in [2.24, 2.45) is 5.10 Å². The van der Waals surface area contributed by atoms with Crippen LogP contribution in [0.15, 0.2) is 88.4 Å². The molecule has 6 nitrogen and oxygen atoms in total. The Morgan fingerprint density at radius 3 is 2.28 bits per heavy atom. The van der Waals surface area contributed by atoms with Crippen LogP contribution in [0, 0.1) is 0 Å². The molecule has 3 aromatic rings. The number of nitrogens with one attached hydrogen (secondary N) is 2. The molecule has 0 saturated carbocycles. The number of benzene rings is 3. The van der Waals surface area contributed by atoms with Crippen LogP contribution in [0.3, 0.4) is 0 Å². The van der Waals surface area contributed by atoms with Crippen molar-refractivity contribution in [2.75, 3.05) is 5.32 Å². The Labute approximate surface area is 176 Å². The third kappa shape index (κ3) is 6.58. The monoisotopic (exact) mass is 451 g/mol. The number of hydrogen-bond acceptors (Lipinski definition) is 4. The number of ether oxygens (including phenoxy) is 1. The summed E-state index contributed by atoms with van der Waals surface area (Å²) in [5, 5.41) is 6.30. The van der Waals surface area contributed by atoms with Gasteiger partial charge in [0.1, 0.15) is 12.4 Å². The van der Waals surface area contributed by atoms with Crippen LogP contribution in [-0.2, 0) is 16.2 Å². The summed E-state index contributed by atoms with van der Waals surface area (Å²) in [6.45, 7) is 0.484. The van der Waals surface area contributed by atoms with Crippen LogP contribution in [0.4, 0.5) is 5.69 Å². The molecule has 2 amide bonds. The number of hydrogen-bond donors (Lipinski definition) is 2. The van der Waals surface area contributed by atoms with E-state index in [1.54, 1.807) is 36.4 Å². The molecule has 3 aromatic carbocycles. The average molecular weight is 452 g/mol. The van der Waals surface area contributed by atoms with E-state index in [9.17, 15) is 9.59 Å². The summed E-state index contributed by atoms with van der Waals surface area (Å²) >= 11 is 3.30. The van der Waals surface area contributed by atoms with Crippen molar-refractivity contribution in [3.63, 3.8) is 0 Å². The number of carbonyl (C=O) groups is 2. The van der Waals surface area contributed by atoms with Gasteiger partial charge < -0.3 is 10.1 Å². The molecule has 0 bridgehead atoms. The Kier molecular flexibility index (Phi) is 7.13. The van der Waals surface area contributed by atoms with Crippen molar-refractivity contribution in [1.82, 2.24) is 5.43 Å². The molecule has 0 radical (unpaired) electrons. The van der Waals surface area contributed by atoms with Gasteiger partial charge in [0.05, 0.1) is 6.21 Å². The highest BCUT2D eigenvalue weighted by molar-refractivity contribution is 9.10. The van der Waals surface area contributed by atoms with E-state index in [1.165, 1.54) is 6.21 Å². The number of nitrogens with zero attached hydrogens (tertiary/aromatic N) is 1. The number of carbonyl (C=O) groups excluding carboxylic acids is 2. The summed E-state index contributed by atoms with van der Waals surface area (Å²) in [4.78, 5) is 23.7. The highest BCUT2D eigenvalue weighted by Crippen LogP contribution is 2.14. The number of anilines is 1. The molecule has 0 spiro atoms. The van der Waals surface area contributed by atoms with Crippen molar-refractivity contribution in [3.8, 4) is 5.75 Å². The predicted octanol–water partition coefficient (Wildman–Crippen LogP) is 4.12. The Hall–Kier alpha value is -3.45. The third-order valence-electron chi connectivity index (χ3n) is 3.82. The molecule has 0 unspecified atom stereocenters. The Bertz CT molecular complexity index is 988. The highest BCUT2D eigenvalue weighted by Gasteiger charge is 2.12. The maximum atomic E-state index is 11.8. The third-order valence-corrected chi connectivity index (χ3v) is 4.35. The first-order chi connectivity index (χ1) is 14.1. The molecule has 0 aliphatic carbocycles.